The minimum Gasteiger partial charge on any atom is -0.435 e. The Morgan fingerprint density at radius 1 is 1.47 bits per heavy atom. The van der Waals surface area contributed by atoms with E-state index in [4.69, 9.17) is 17.0 Å². The van der Waals surface area contributed by atoms with Crippen molar-refractivity contribution < 1.29 is 9.53 Å². The molecule has 0 spiro atoms. The molecule has 98 valence electrons. The van der Waals surface area contributed by atoms with Crippen molar-refractivity contribution in [2.45, 2.75) is 13.0 Å². The molecule has 4 nitrogen and oxygen atoms in total. The number of hydrogen-bond donors (Lipinski definition) is 1. The Labute approximate surface area is 117 Å². The van der Waals surface area contributed by atoms with Gasteiger partial charge in [0.25, 0.3) is 0 Å². The molecule has 0 radical (unpaired) electrons. The van der Waals surface area contributed by atoms with Gasteiger partial charge < -0.3 is 10.1 Å². The molecule has 0 saturated carbocycles. The van der Waals surface area contributed by atoms with Gasteiger partial charge in [-0.25, -0.2) is 4.99 Å². The summed E-state index contributed by atoms with van der Waals surface area (Å²) < 4.78 is 4.90. The fraction of sp³-hybridized carbons (Fsp3) is 0.214. The van der Waals surface area contributed by atoms with E-state index in [1.54, 1.807) is 6.92 Å². The van der Waals surface area contributed by atoms with E-state index in [-0.39, 0.29) is 12.0 Å². The summed E-state index contributed by atoms with van der Waals surface area (Å²) in [7, 11) is 0. The number of esters is 1. The third-order valence-electron chi connectivity index (χ3n) is 2.95. The van der Waals surface area contributed by atoms with Gasteiger partial charge in [-0.1, -0.05) is 36.9 Å². The molecule has 1 N–H and O–H groups in total. The predicted octanol–water partition coefficient (Wildman–Crippen LogP) is 2.38. The van der Waals surface area contributed by atoms with E-state index in [2.05, 4.69) is 16.9 Å². The van der Waals surface area contributed by atoms with Gasteiger partial charge in [-0.3, -0.25) is 4.79 Å². The van der Waals surface area contributed by atoms with Gasteiger partial charge in [0.1, 0.15) is 5.92 Å². The van der Waals surface area contributed by atoms with E-state index in [1.165, 1.54) is 0 Å². The molecule has 1 aliphatic heterocycles. The number of benzene rings is 1. The highest BCUT2D eigenvalue weighted by molar-refractivity contribution is 7.80. The van der Waals surface area contributed by atoms with Crippen LogP contribution in [0.1, 0.15) is 18.5 Å². The van der Waals surface area contributed by atoms with Gasteiger partial charge >= 0.3 is 5.97 Å². The lowest BCUT2D eigenvalue weighted by atomic mass is 9.88. The molecular weight excluding hydrogens is 260 g/mol. The smallest absolute Gasteiger partial charge is 0.321 e. The number of rotatable bonds is 3. The van der Waals surface area contributed by atoms with Gasteiger partial charge in [-0.05, 0) is 24.7 Å². The molecular formula is C14H14N2O2S. The second kappa shape index (κ2) is 5.75. The summed E-state index contributed by atoms with van der Waals surface area (Å²) in [6, 6.07) is 9.36. The van der Waals surface area contributed by atoms with Gasteiger partial charge in [0, 0.05) is 5.71 Å². The zero-order chi connectivity index (χ0) is 13.8. The maximum absolute atomic E-state index is 12.0. The first-order valence-electron chi connectivity index (χ1n) is 5.85. The van der Waals surface area contributed by atoms with Gasteiger partial charge in [0.15, 0.2) is 5.11 Å². The third-order valence-corrected chi connectivity index (χ3v) is 3.16. The quantitative estimate of drug-likeness (QED) is 0.522. The molecule has 1 aromatic rings. The lowest BCUT2D eigenvalue weighted by Gasteiger charge is -2.30. The molecule has 0 saturated heterocycles. The molecule has 0 bridgehead atoms. The van der Waals surface area contributed by atoms with Crippen molar-refractivity contribution in [1.82, 2.24) is 5.32 Å². The summed E-state index contributed by atoms with van der Waals surface area (Å²) in [5.74, 6) is -0.896. The first-order chi connectivity index (χ1) is 9.13. The van der Waals surface area contributed by atoms with E-state index < -0.39 is 5.92 Å². The Bertz CT molecular complexity index is 540. The average Bonchev–Trinajstić information content (AvgIpc) is 2.39. The highest BCUT2D eigenvalue weighted by Crippen LogP contribution is 2.27. The summed E-state index contributed by atoms with van der Waals surface area (Å²) in [6.45, 7) is 5.18. The molecule has 2 unspecified atom stereocenters. The number of thiocarbonyl (C=S) groups is 1. The van der Waals surface area contributed by atoms with E-state index in [0.29, 0.717) is 10.8 Å². The number of hydrogen-bond acceptors (Lipinski definition) is 3. The van der Waals surface area contributed by atoms with Crippen LogP contribution in [-0.4, -0.2) is 16.8 Å². The fourth-order valence-corrected chi connectivity index (χ4v) is 2.39. The number of nitrogens with zero attached hydrogens (tertiary/aromatic N) is 1. The summed E-state index contributed by atoms with van der Waals surface area (Å²) in [5.41, 5.74) is 1.61. The second-order valence-electron chi connectivity index (χ2n) is 4.17. The monoisotopic (exact) mass is 274 g/mol. The average molecular weight is 274 g/mol. The van der Waals surface area contributed by atoms with Gasteiger partial charge in [-0.15, -0.1) is 0 Å². The maximum atomic E-state index is 12.0. The molecule has 2 atom stereocenters. The number of carbonyl (C=O) groups excluding carboxylic acids is 1. The van der Waals surface area contributed by atoms with E-state index in [0.717, 1.165) is 11.8 Å². The van der Waals surface area contributed by atoms with Crippen LogP contribution in [0.15, 0.2) is 48.2 Å². The lowest BCUT2D eigenvalue weighted by Crippen LogP contribution is -2.43. The lowest BCUT2D eigenvalue weighted by molar-refractivity contribution is -0.141. The van der Waals surface area contributed by atoms with Crippen molar-refractivity contribution in [1.29, 1.82) is 0 Å². The first-order valence-corrected chi connectivity index (χ1v) is 6.26. The number of nitrogens with one attached hydrogen (secondary N) is 1. The largest absolute Gasteiger partial charge is 0.435 e. The van der Waals surface area contributed by atoms with Crippen LogP contribution in [0.2, 0.25) is 0 Å². The SMILES string of the molecule is C=COC(=O)C1C(C)=NC(=S)NC1c1ccccc1. The van der Waals surface area contributed by atoms with Crippen molar-refractivity contribution in [3.05, 3.63) is 48.7 Å². The number of aliphatic imine (C=N–C) groups is 1. The summed E-state index contributed by atoms with van der Waals surface area (Å²) in [5, 5.41) is 3.44. The van der Waals surface area contributed by atoms with Crippen LogP contribution in [0.3, 0.4) is 0 Å². The molecule has 1 aromatic carbocycles. The van der Waals surface area contributed by atoms with Crippen molar-refractivity contribution in [2.24, 2.45) is 10.9 Å². The first kappa shape index (κ1) is 13.4. The molecule has 5 heteroatoms. The summed E-state index contributed by atoms with van der Waals surface area (Å²) in [4.78, 5) is 16.2. The van der Waals surface area contributed by atoms with E-state index in [9.17, 15) is 4.79 Å². The van der Waals surface area contributed by atoms with Crippen LogP contribution in [0.4, 0.5) is 0 Å². The minimum atomic E-state index is -0.507. The number of ether oxygens (including phenoxy) is 1. The minimum absolute atomic E-state index is 0.265. The Morgan fingerprint density at radius 3 is 2.79 bits per heavy atom. The Hall–Kier alpha value is -2.01. The van der Waals surface area contributed by atoms with Crippen LogP contribution < -0.4 is 5.32 Å². The zero-order valence-corrected chi connectivity index (χ0v) is 11.3. The zero-order valence-electron chi connectivity index (χ0n) is 10.5. The normalized spacial score (nSPS) is 22.2. The summed E-state index contributed by atoms with van der Waals surface area (Å²) in [6.07, 6.45) is 1.13. The third kappa shape index (κ3) is 2.88. The Balaban J connectivity index is 2.39. The molecule has 2 rings (SSSR count). The topological polar surface area (TPSA) is 50.7 Å². The van der Waals surface area contributed by atoms with Crippen LogP contribution in [0, 0.1) is 5.92 Å². The highest BCUT2D eigenvalue weighted by atomic mass is 32.1. The summed E-state index contributed by atoms with van der Waals surface area (Å²) >= 11 is 5.09. The molecule has 1 heterocycles. The van der Waals surface area contributed by atoms with Crippen molar-refractivity contribution >= 4 is 29.0 Å². The van der Waals surface area contributed by atoms with E-state index in [1.807, 2.05) is 30.3 Å². The maximum Gasteiger partial charge on any atom is 0.321 e. The van der Waals surface area contributed by atoms with Crippen LogP contribution >= 0.6 is 12.2 Å². The predicted molar refractivity (Wildman–Crippen MR) is 77.8 cm³/mol. The fourth-order valence-electron chi connectivity index (χ4n) is 2.12. The van der Waals surface area contributed by atoms with Crippen LogP contribution in [0.5, 0.6) is 0 Å². The number of carbonyl (C=O) groups is 1. The molecule has 0 aromatic heterocycles. The Kier molecular flexibility index (Phi) is 4.06. The molecule has 0 aliphatic carbocycles. The highest BCUT2D eigenvalue weighted by Gasteiger charge is 2.36. The van der Waals surface area contributed by atoms with Crippen LogP contribution in [-0.2, 0) is 9.53 Å². The standard InChI is InChI=1S/C14H14N2O2S/c1-3-18-13(17)11-9(2)15-14(19)16-12(11)10-7-5-4-6-8-10/h3-8,11-12H,1H2,2H3,(H,16,19). The molecule has 0 fully saturated rings. The van der Waals surface area contributed by atoms with E-state index >= 15 is 0 Å². The second-order valence-corrected chi connectivity index (χ2v) is 4.56. The van der Waals surface area contributed by atoms with Crippen LogP contribution in [0.25, 0.3) is 0 Å². The molecule has 1 aliphatic rings. The Morgan fingerprint density at radius 2 is 2.16 bits per heavy atom. The van der Waals surface area contributed by atoms with Gasteiger partial charge in [0.05, 0.1) is 12.3 Å². The van der Waals surface area contributed by atoms with Gasteiger partial charge in [0.2, 0.25) is 0 Å². The molecule has 19 heavy (non-hydrogen) atoms. The van der Waals surface area contributed by atoms with Gasteiger partial charge in [-0.2, -0.15) is 0 Å². The molecule has 0 amide bonds. The van der Waals surface area contributed by atoms with Crippen molar-refractivity contribution in [3.8, 4) is 0 Å². The van der Waals surface area contributed by atoms with Crippen molar-refractivity contribution in [2.75, 3.05) is 0 Å². The van der Waals surface area contributed by atoms with Crippen molar-refractivity contribution in [3.63, 3.8) is 0 Å².